The lowest BCUT2D eigenvalue weighted by Crippen LogP contribution is -2.27. The van der Waals surface area contributed by atoms with Crippen LogP contribution in [0.1, 0.15) is 24.4 Å². The molecule has 1 atom stereocenters. The highest BCUT2D eigenvalue weighted by atomic mass is 35.5. The second-order valence-electron chi connectivity index (χ2n) is 7.17. The molecule has 3 heterocycles. The first-order valence-electron chi connectivity index (χ1n) is 9.72. The summed E-state index contributed by atoms with van der Waals surface area (Å²) < 4.78 is 23.6. The lowest BCUT2D eigenvalue weighted by atomic mass is 9.96. The van der Waals surface area contributed by atoms with Crippen LogP contribution in [0.3, 0.4) is 0 Å². The third kappa shape index (κ3) is 3.25. The highest BCUT2D eigenvalue weighted by Crippen LogP contribution is 2.42. The zero-order valence-corrected chi connectivity index (χ0v) is 18.2. The van der Waals surface area contributed by atoms with Crippen LogP contribution in [-0.2, 0) is 11.8 Å². The number of aromatic nitrogens is 4. The summed E-state index contributed by atoms with van der Waals surface area (Å²) in [6, 6.07) is 11.5. The SMILES string of the molecule is CCOC1=C(c2nc3cc(F)ccc3n2C)C(c2ccc(Cl)c(Cl)c2)n2nccc2N1. The van der Waals surface area contributed by atoms with Crippen LogP contribution < -0.4 is 5.32 Å². The molecule has 0 saturated heterocycles. The molecule has 0 fully saturated rings. The van der Waals surface area contributed by atoms with Crippen molar-refractivity contribution in [2.45, 2.75) is 13.0 Å². The van der Waals surface area contributed by atoms with Gasteiger partial charge in [0, 0.05) is 19.2 Å². The minimum atomic E-state index is -0.386. The molecular formula is C22H18Cl2FN5O. The van der Waals surface area contributed by atoms with E-state index >= 15 is 0 Å². The van der Waals surface area contributed by atoms with E-state index in [4.69, 9.17) is 32.9 Å². The third-order valence-corrected chi connectivity index (χ3v) is 6.05. The maximum absolute atomic E-state index is 13.9. The molecule has 2 aromatic heterocycles. The van der Waals surface area contributed by atoms with Crippen molar-refractivity contribution in [1.29, 1.82) is 0 Å². The molecule has 31 heavy (non-hydrogen) atoms. The zero-order chi connectivity index (χ0) is 21.7. The molecule has 158 valence electrons. The predicted molar refractivity (Wildman–Crippen MR) is 120 cm³/mol. The van der Waals surface area contributed by atoms with Crippen LogP contribution in [0.4, 0.5) is 10.2 Å². The first-order chi connectivity index (χ1) is 15.0. The van der Waals surface area contributed by atoms with E-state index in [0.29, 0.717) is 33.9 Å². The van der Waals surface area contributed by atoms with E-state index in [1.54, 1.807) is 18.3 Å². The molecule has 0 radical (unpaired) electrons. The van der Waals surface area contributed by atoms with Gasteiger partial charge in [-0.1, -0.05) is 29.3 Å². The van der Waals surface area contributed by atoms with Crippen LogP contribution >= 0.6 is 23.2 Å². The molecule has 0 spiro atoms. The van der Waals surface area contributed by atoms with E-state index in [2.05, 4.69) is 10.4 Å². The fraction of sp³-hybridized carbons (Fsp3) is 0.182. The smallest absolute Gasteiger partial charge is 0.201 e. The van der Waals surface area contributed by atoms with Gasteiger partial charge in [-0.2, -0.15) is 5.10 Å². The van der Waals surface area contributed by atoms with E-state index in [-0.39, 0.29) is 11.9 Å². The number of nitrogens with one attached hydrogen (secondary N) is 1. The lowest BCUT2D eigenvalue weighted by molar-refractivity contribution is 0.231. The molecule has 1 aliphatic heterocycles. The Hall–Kier alpha value is -3.03. The van der Waals surface area contributed by atoms with Gasteiger partial charge in [0.1, 0.15) is 23.5 Å². The summed E-state index contributed by atoms with van der Waals surface area (Å²) in [7, 11) is 1.89. The number of anilines is 1. The van der Waals surface area contributed by atoms with Gasteiger partial charge in [0.25, 0.3) is 0 Å². The van der Waals surface area contributed by atoms with Gasteiger partial charge in [-0.05, 0) is 36.8 Å². The standard InChI is InChI=1S/C22H18Cl2FN5O/c1-3-31-22-19(21-27-16-11-13(25)5-7-17(16)29(21)2)20(30-18(28-22)8-9-26-30)12-4-6-14(23)15(24)10-12/h4-11,20,28H,3H2,1-2H3. The molecule has 0 amide bonds. The average Bonchev–Trinajstić information content (AvgIpc) is 3.33. The van der Waals surface area contributed by atoms with Gasteiger partial charge >= 0.3 is 0 Å². The molecular weight excluding hydrogens is 440 g/mol. The number of allylic oxidation sites excluding steroid dienone is 1. The molecule has 1 N–H and O–H groups in total. The summed E-state index contributed by atoms with van der Waals surface area (Å²) in [5.41, 5.74) is 2.99. The van der Waals surface area contributed by atoms with Crippen LogP contribution in [0.5, 0.6) is 0 Å². The van der Waals surface area contributed by atoms with E-state index < -0.39 is 0 Å². The fourth-order valence-corrected chi connectivity index (χ4v) is 4.24. The van der Waals surface area contributed by atoms with E-state index in [0.717, 1.165) is 22.5 Å². The molecule has 2 aromatic carbocycles. The number of halogens is 3. The van der Waals surface area contributed by atoms with Crippen molar-refractivity contribution >= 4 is 45.6 Å². The second kappa shape index (κ2) is 7.59. The third-order valence-electron chi connectivity index (χ3n) is 5.31. The number of imidazole rings is 1. The summed E-state index contributed by atoms with van der Waals surface area (Å²) in [5, 5.41) is 8.74. The van der Waals surface area contributed by atoms with E-state index in [9.17, 15) is 4.39 Å². The molecule has 9 heteroatoms. The van der Waals surface area contributed by atoms with Crippen LogP contribution in [0.25, 0.3) is 16.6 Å². The Labute approximate surface area is 187 Å². The van der Waals surface area contributed by atoms with Gasteiger partial charge in [0.15, 0.2) is 0 Å². The fourth-order valence-electron chi connectivity index (χ4n) is 3.94. The molecule has 0 aliphatic carbocycles. The molecule has 5 rings (SSSR count). The predicted octanol–water partition coefficient (Wildman–Crippen LogP) is 5.64. The Balaban J connectivity index is 1.80. The zero-order valence-electron chi connectivity index (χ0n) is 16.7. The first-order valence-corrected chi connectivity index (χ1v) is 10.5. The lowest BCUT2D eigenvalue weighted by Gasteiger charge is -2.30. The monoisotopic (exact) mass is 457 g/mol. The Morgan fingerprint density at radius 2 is 1.97 bits per heavy atom. The van der Waals surface area contributed by atoms with Gasteiger partial charge in [0.2, 0.25) is 5.88 Å². The second-order valence-corrected chi connectivity index (χ2v) is 7.98. The summed E-state index contributed by atoms with van der Waals surface area (Å²) in [5.74, 6) is 1.63. The van der Waals surface area contributed by atoms with Gasteiger partial charge in [-0.25, -0.2) is 14.1 Å². The number of fused-ring (bicyclic) bond motifs is 2. The molecule has 0 bridgehead atoms. The van der Waals surface area contributed by atoms with Crippen LogP contribution in [0, 0.1) is 5.82 Å². The summed E-state index contributed by atoms with van der Waals surface area (Å²) in [6.45, 7) is 2.36. The van der Waals surface area contributed by atoms with Crippen molar-refractivity contribution < 1.29 is 9.13 Å². The van der Waals surface area contributed by atoms with E-state index in [1.807, 2.05) is 41.4 Å². The highest BCUT2D eigenvalue weighted by Gasteiger charge is 2.35. The first kappa shape index (κ1) is 19.9. The number of hydrogen-bond donors (Lipinski definition) is 1. The van der Waals surface area contributed by atoms with Crippen LogP contribution in [0.15, 0.2) is 54.5 Å². The molecule has 1 aliphatic rings. The Morgan fingerprint density at radius 1 is 1.13 bits per heavy atom. The Morgan fingerprint density at radius 3 is 2.74 bits per heavy atom. The maximum atomic E-state index is 13.9. The van der Waals surface area contributed by atoms with Gasteiger partial charge in [-0.3, -0.25) is 0 Å². The van der Waals surface area contributed by atoms with Crippen molar-refractivity contribution in [3.63, 3.8) is 0 Å². The summed E-state index contributed by atoms with van der Waals surface area (Å²) >= 11 is 12.5. The van der Waals surface area contributed by atoms with Crippen molar-refractivity contribution in [1.82, 2.24) is 19.3 Å². The topological polar surface area (TPSA) is 56.9 Å². The molecule has 6 nitrogen and oxygen atoms in total. The number of aryl methyl sites for hydroxylation is 1. The van der Waals surface area contributed by atoms with Crippen LogP contribution in [0.2, 0.25) is 10.0 Å². The normalized spacial score (nSPS) is 15.8. The number of nitrogens with zero attached hydrogens (tertiary/aromatic N) is 4. The quantitative estimate of drug-likeness (QED) is 0.430. The summed E-state index contributed by atoms with van der Waals surface area (Å²) in [6.07, 6.45) is 1.71. The van der Waals surface area contributed by atoms with Crippen LogP contribution in [-0.4, -0.2) is 25.9 Å². The molecule has 1 unspecified atom stereocenters. The van der Waals surface area contributed by atoms with E-state index in [1.165, 1.54) is 12.1 Å². The van der Waals surface area contributed by atoms with Crippen molar-refractivity contribution in [2.75, 3.05) is 11.9 Å². The van der Waals surface area contributed by atoms with Gasteiger partial charge < -0.3 is 14.6 Å². The largest absolute Gasteiger partial charge is 0.479 e. The Bertz CT molecular complexity index is 1340. The molecule has 4 aromatic rings. The van der Waals surface area contributed by atoms with Crippen molar-refractivity contribution in [3.05, 3.63) is 81.8 Å². The maximum Gasteiger partial charge on any atom is 0.201 e. The number of benzene rings is 2. The highest BCUT2D eigenvalue weighted by molar-refractivity contribution is 6.42. The number of rotatable bonds is 4. The average molecular weight is 458 g/mol. The van der Waals surface area contributed by atoms with Crippen molar-refractivity contribution in [2.24, 2.45) is 7.05 Å². The molecule has 0 saturated carbocycles. The minimum absolute atomic E-state index is 0.340. The van der Waals surface area contributed by atoms with Gasteiger partial charge in [0.05, 0.1) is 39.5 Å². The summed E-state index contributed by atoms with van der Waals surface area (Å²) in [4.78, 5) is 4.75. The Kier molecular flexibility index (Phi) is 4.87. The minimum Gasteiger partial charge on any atom is -0.479 e. The number of hydrogen-bond acceptors (Lipinski definition) is 4. The van der Waals surface area contributed by atoms with Crippen molar-refractivity contribution in [3.8, 4) is 0 Å². The van der Waals surface area contributed by atoms with Gasteiger partial charge in [-0.15, -0.1) is 0 Å². The number of ether oxygens (including phenoxy) is 1.